The third-order valence-electron chi connectivity index (χ3n) is 4.32. The van der Waals surface area contributed by atoms with Crippen molar-refractivity contribution in [3.05, 3.63) is 29.8 Å². The number of rotatable bonds is 1. The Morgan fingerprint density at radius 2 is 2.00 bits per heavy atom. The van der Waals surface area contributed by atoms with E-state index < -0.39 is 5.60 Å². The summed E-state index contributed by atoms with van der Waals surface area (Å²) in [4.78, 5) is 26.0. The van der Waals surface area contributed by atoms with Gasteiger partial charge in [0.15, 0.2) is 5.78 Å². The van der Waals surface area contributed by atoms with Crippen molar-refractivity contribution in [2.45, 2.75) is 36.6 Å². The van der Waals surface area contributed by atoms with E-state index in [-0.39, 0.29) is 16.5 Å². The first kappa shape index (κ1) is 14.6. The molecule has 5 heteroatoms. The van der Waals surface area contributed by atoms with E-state index in [1.54, 1.807) is 0 Å². The van der Waals surface area contributed by atoms with Crippen LogP contribution < -0.4 is 4.74 Å². The van der Waals surface area contributed by atoms with Crippen molar-refractivity contribution >= 4 is 27.6 Å². The number of hydrogen-bond acceptors (Lipinski definition) is 3. The highest BCUT2D eigenvalue weighted by atomic mass is 79.9. The van der Waals surface area contributed by atoms with Crippen LogP contribution in [0.1, 0.15) is 36.5 Å². The van der Waals surface area contributed by atoms with Crippen molar-refractivity contribution < 1.29 is 14.3 Å². The lowest BCUT2D eigenvalue weighted by molar-refractivity contribution is -0.133. The standard InChI is InChI=1S/C16H18BrNO3/c1-11(17)15(20)18-8-6-16(7-9-18)10-13(19)12-4-2-3-5-14(12)21-16/h2-5,11H,6-10H2,1H3. The van der Waals surface area contributed by atoms with Crippen LogP contribution in [0.5, 0.6) is 5.75 Å². The van der Waals surface area contributed by atoms with Crippen LogP contribution >= 0.6 is 15.9 Å². The number of hydrogen-bond donors (Lipinski definition) is 0. The smallest absolute Gasteiger partial charge is 0.236 e. The van der Waals surface area contributed by atoms with E-state index in [1.165, 1.54) is 0 Å². The molecule has 112 valence electrons. The number of Topliss-reactive ketones (excluding diaryl/α,β-unsaturated/α-hetero) is 1. The largest absolute Gasteiger partial charge is 0.486 e. The molecule has 0 aromatic heterocycles. The van der Waals surface area contributed by atoms with Gasteiger partial charge >= 0.3 is 0 Å². The van der Waals surface area contributed by atoms with Crippen LogP contribution in [0.3, 0.4) is 0 Å². The van der Waals surface area contributed by atoms with E-state index in [4.69, 9.17) is 4.74 Å². The highest BCUT2D eigenvalue weighted by Gasteiger charge is 2.43. The minimum atomic E-state index is -0.433. The predicted octanol–water partition coefficient (Wildman–Crippen LogP) is 2.80. The van der Waals surface area contributed by atoms with Gasteiger partial charge in [-0.3, -0.25) is 9.59 Å². The molecule has 1 spiro atoms. The second-order valence-electron chi connectivity index (χ2n) is 5.82. The Hall–Kier alpha value is -1.36. The molecule has 1 aromatic carbocycles. The molecule has 2 aliphatic rings. The van der Waals surface area contributed by atoms with Crippen LogP contribution in [0.4, 0.5) is 0 Å². The van der Waals surface area contributed by atoms with Gasteiger partial charge in [-0.05, 0) is 19.1 Å². The fraction of sp³-hybridized carbons (Fsp3) is 0.500. The predicted molar refractivity (Wildman–Crippen MR) is 83.0 cm³/mol. The lowest BCUT2D eigenvalue weighted by atomic mass is 9.82. The molecule has 4 nitrogen and oxygen atoms in total. The van der Waals surface area contributed by atoms with Gasteiger partial charge in [0, 0.05) is 25.9 Å². The number of benzene rings is 1. The summed E-state index contributed by atoms with van der Waals surface area (Å²) in [7, 11) is 0. The van der Waals surface area contributed by atoms with Crippen molar-refractivity contribution in [1.29, 1.82) is 0 Å². The Morgan fingerprint density at radius 3 is 2.67 bits per heavy atom. The van der Waals surface area contributed by atoms with E-state index in [0.717, 1.165) is 0 Å². The Labute approximate surface area is 132 Å². The molecular formula is C16H18BrNO3. The Balaban J connectivity index is 1.75. The lowest BCUT2D eigenvalue weighted by Crippen LogP contribution is -2.53. The second kappa shape index (κ2) is 5.44. The summed E-state index contributed by atoms with van der Waals surface area (Å²) < 4.78 is 6.15. The zero-order valence-corrected chi connectivity index (χ0v) is 13.6. The van der Waals surface area contributed by atoms with Crippen LogP contribution in [-0.4, -0.2) is 40.1 Å². The number of halogens is 1. The molecule has 0 N–H and O–H groups in total. The molecule has 0 bridgehead atoms. The molecule has 21 heavy (non-hydrogen) atoms. The minimum absolute atomic E-state index is 0.104. The molecule has 1 amide bonds. The number of likely N-dealkylation sites (tertiary alicyclic amines) is 1. The molecule has 2 heterocycles. The molecule has 1 saturated heterocycles. The Morgan fingerprint density at radius 1 is 1.33 bits per heavy atom. The fourth-order valence-electron chi connectivity index (χ4n) is 3.11. The molecule has 1 unspecified atom stereocenters. The third-order valence-corrected chi connectivity index (χ3v) is 4.71. The number of fused-ring (bicyclic) bond motifs is 1. The number of carbonyl (C=O) groups excluding carboxylic acids is 2. The van der Waals surface area contributed by atoms with Gasteiger partial charge in [0.05, 0.1) is 16.8 Å². The number of para-hydroxylation sites is 1. The van der Waals surface area contributed by atoms with Crippen molar-refractivity contribution in [2.75, 3.05) is 13.1 Å². The van der Waals surface area contributed by atoms with E-state index in [1.807, 2.05) is 36.1 Å². The van der Waals surface area contributed by atoms with Crippen molar-refractivity contribution in [2.24, 2.45) is 0 Å². The number of ether oxygens (including phenoxy) is 1. The van der Waals surface area contributed by atoms with E-state index in [2.05, 4.69) is 15.9 Å². The van der Waals surface area contributed by atoms with Gasteiger partial charge in [-0.2, -0.15) is 0 Å². The van der Waals surface area contributed by atoms with Crippen LogP contribution in [0.15, 0.2) is 24.3 Å². The van der Waals surface area contributed by atoms with Crippen LogP contribution in [0.25, 0.3) is 0 Å². The molecular weight excluding hydrogens is 334 g/mol. The van der Waals surface area contributed by atoms with E-state index >= 15 is 0 Å². The molecule has 0 aliphatic carbocycles. The first-order valence-corrected chi connectivity index (χ1v) is 8.16. The van der Waals surface area contributed by atoms with Gasteiger partial charge in [0.25, 0.3) is 0 Å². The average molecular weight is 352 g/mol. The summed E-state index contributed by atoms with van der Waals surface area (Å²) in [6, 6.07) is 7.41. The number of piperidine rings is 1. The first-order chi connectivity index (χ1) is 10.0. The SMILES string of the molecule is CC(Br)C(=O)N1CCC2(CC1)CC(=O)c1ccccc1O2. The van der Waals surface area contributed by atoms with Crippen LogP contribution in [0.2, 0.25) is 0 Å². The average Bonchev–Trinajstić information content (AvgIpc) is 2.47. The monoisotopic (exact) mass is 351 g/mol. The first-order valence-electron chi connectivity index (χ1n) is 7.25. The Kier molecular flexibility index (Phi) is 3.78. The summed E-state index contributed by atoms with van der Waals surface area (Å²) in [6.45, 7) is 3.12. The Bertz CT molecular complexity index is 577. The number of alkyl halides is 1. The second-order valence-corrected chi connectivity index (χ2v) is 7.20. The molecule has 2 aliphatic heterocycles. The summed E-state index contributed by atoms with van der Waals surface area (Å²) in [5.74, 6) is 0.931. The maximum absolute atomic E-state index is 12.3. The third kappa shape index (κ3) is 2.71. The van der Waals surface area contributed by atoms with Crippen molar-refractivity contribution in [1.82, 2.24) is 4.90 Å². The summed E-state index contributed by atoms with van der Waals surface area (Å²) in [5.41, 5.74) is 0.244. The number of amides is 1. The molecule has 3 rings (SSSR count). The molecule has 0 radical (unpaired) electrons. The molecule has 1 fully saturated rings. The summed E-state index contributed by atoms with van der Waals surface area (Å²) in [5, 5.41) is 0. The van der Waals surface area contributed by atoms with Gasteiger partial charge < -0.3 is 9.64 Å². The number of ketones is 1. The maximum atomic E-state index is 12.3. The maximum Gasteiger partial charge on any atom is 0.236 e. The topological polar surface area (TPSA) is 46.6 Å². The lowest BCUT2D eigenvalue weighted by Gasteiger charge is -2.44. The van der Waals surface area contributed by atoms with Crippen LogP contribution in [-0.2, 0) is 4.79 Å². The summed E-state index contributed by atoms with van der Waals surface area (Å²) in [6.07, 6.45) is 1.83. The number of carbonyl (C=O) groups is 2. The molecule has 1 aromatic rings. The van der Waals surface area contributed by atoms with E-state index in [9.17, 15) is 9.59 Å². The fourth-order valence-corrected chi connectivity index (χ4v) is 3.40. The van der Waals surface area contributed by atoms with Crippen molar-refractivity contribution in [3.8, 4) is 5.75 Å². The zero-order chi connectivity index (χ0) is 15.0. The zero-order valence-electron chi connectivity index (χ0n) is 12.0. The van der Waals surface area contributed by atoms with Gasteiger partial charge in [0.1, 0.15) is 11.4 Å². The van der Waals surface area contributed by atoms with Crippen LogP contribution in [0, 0.1) is 0 Å². The normalized spacial score (nSPS) is 21.6. The summed E-state index contributed by atoms with van der Waals surface area (Å²) >= 11 is 3.32. The van der Waals surface area contributed by atoms with Gasteiger partial charge in [-0.1, -0.05) is 28.1 Å². The quantitative estimate of drug-likeness (QED) is 0.731. The van der Waals surface area contributed by atoms with E-state index in [0.29, 0.717) is 43.7 Å². The van der Waals surface area contributed by atoms with Gasteiger partial charge in [-0.25, -0.2) is 0 Å². The molecule has 0 saturated carbocycles. The molecule has 1 atom stereocenters. The number of nitrogens with zero attached hydrogens (tertiary/aromatic N) is 1. The van der Waals surface area contributed by atoms with Crippen molar-refractivity contribution in [3.63, 3.8) is 0 Å². The minimum Gasteiger partial charge on any atom is -0.486 e. The van der Waals surface area contributed by atoms with Gasteiger partial charge in [-0.15, -0.1) is 0 Å². The van der Waals surface area contributed by atoms with Gasteiger partial charge in [0.2, 0.25) is 5.91 Å². The highest BCUT2D eigenvalue weighted by Crippen LogP contribution is 2.39. The highest BCUT2D eigenvalue weighted by molar-refractivity contribution is 9.10.